The second kappa shape index (κ2) is 8.83. The van der Waals surface area contributed by atoms with Crippen LogP contribution in [0.15, 0.2) is 58.2 Å². The molecule has 1 heterocycles. The molecule has 6 nitrogen and oxygen atoms in total. The van der Waals surface area contributed by atoms with E-state index in [1.165, 1.54) is 11.8 Å². The Morgan fingerprint density at radius 2 is 1.93 bits per heavy atom. The number of aryl methyl sites for hydroxylation is 1. The first-order valence-corrected chi connectivity index (χ1v) is 9.70. The van der Waals surface area contributed by atoms with Crippen molar-refractivity contribution in [3.8, 4) is 0 Å². The third-order valence-corrected chi connectivity index (χ3v) is 5.12. The number of nitrogens with zero attached hydrogens (tertiary/aromatic N) is 2. The molecule has 4 N–H and O–H groups in total. The van der Waals surface area contributed by atoms with Crippen LogP contribution in [0.4, 0.5) is 5.69 Å². The molecule has 0 aliphatic heterocycles. The van der Waals surface area contributed by atoms with E-state index in [2.05, 4.69) is 21.2 Å². The first-order chi connectivity index (χ1) is 13.0. The van der Waals surface area contributed by atoms with E-state index < -0.39 is 0 Å². The van der Waals surface area contributed by atoms with Gasteiger partial charge in [0, 0.05) is 12.1 Å². The molecule has 27 heavy (non-hydrogen) atoms. The van der Waals surface area contributed by atoms with Gasteiger partial charge in [-0.25, -0.2) is 0 Å². The molecule has 0 aliphatic rings. The monoisotopic (exact) mass is 383 g/mol. The number of benzene rings is 2. The highest BCUT2D eigenvalue weighted by molar-refractivity contribution is 7.99. The minimum absolute atomic E-state index is 0.107. The van der Waals surface area contributed by atoms with Gasteiger partial charge in [0.2, 0.25) is 5.91 Å². The van der Waals surface area contributed by atoms with E-state index in [0.29, 0.717) is 11.1 Å². The lowest BCUT2D eigenvalue weighted by Gasteiger charge is -2.09. The first kappa shape index (κ1) is 19.1. The molecule has 0 spiro atoms. The number of carbonyl (C=O) groups excluding carboxylic acids is 1. The van der Waals surface area contributed by atoms with Crippen LogP contribution in [0.25, 0.3) is 0 Å². The summed E-state index contributed by atoms with van der Waals surface area (Å²) in [5.74, 6) is 0.579. The van der Waals surface area contributed by atoms with Crippen LogP contribution < -0.4 is 11.1 Å². The molecule has 0 bridgehead atoms. The summed E-state index contributed by atoms with van der Waals surface area (Å²) in [6.45, 7) is 4.01. The second-order valence-electron chi connectivity index (χ2n) is 6.38. The van der Waals surface area contributed by atoms with E-state index in [0.717, 1.165) is 28.8 Å². The number of hydrogen-bond donors (Lipinski definition) is 2. The van der Waals surface area contributed by atoms with Gasteiger partial charge in [0.05, 0.1) is 5.75 Å². The van der Waals surface area contributed by atoms with E-state index in [1.54, 1.807) is 0 Å². The molecule has 3 rings (SSSR count). The van der Waals surface area contributed by atoms with E-state index in [-0.39, 0.29) is 17.7 Å². The van der Waals surface area contributed by atoms with Crippen molar-refractivity contribution in [2.24, 2.45) is 0 Å². The summed E-state index contributed by atoms with van der Waals surface area (Å²) in [7, 11) is 0. The van der Waals surface area contributed by atoms with Gasteiger partial charge in [0.1, 0.15) is 0 Å². The number of aromatic nitrogens is 2. The smallest absolute Gasteiger partial charge is 0.277 e. The van der Waals surface area contributed by atoms with E-state index in [9.17, 15) is 4.79 Å². The summed E-state index contributed by atoms with van der Waals surface area (Å²) in [6.07, 6.45) is 0.722. The Balaban J connectivity index is 1.53. The molecular formula is C20H23N4O2S+. The maximum Gasteiger partial charge on any atom is 0.277 e. The van der Waals surface area contributed by atoms with Crippen LogP contribution in [0.2, 0.25) is 0 Å². The van der Waals surface area contributed by atoms with Gasteiger partial charge in [-0.2, -0.15) is 0 Å². The topological polar surface area (TPSA) is 95.7 Å². The molecule has 0 aliphatic carbocycles. The fourth-order valence-corrected chi connectivity index (χ4v) is 3.20. The fourth-order valence-electron chi connectivity index (χ4n) is 2.63. The number of nitrogens with one attached hydrogen (secondary N) is 1. The summed E-state index contributed by atoms with van der Waals surface area (Å²) in [5.41, 5.74) is 8.30. The average Bonchev–Trinajstić information content (AvgIpc) is 3.14. The zero-order valence-electron chi connectivity index (χ0n) is 15.4. The number of anilines is 1. The zero-order valence-corrected chi connectivity index (χ0v) is 16.3. The van der Waals surface area contributed by atoms with Crippen LogP contribution in [-0.4, -0.2) is 21.9 Å². The molecule has 1 atom stereocenters. The van der Waals surface area contributed by atoms with Crippen LogP contribution in [0.1, 0.15) is 28.6 Å². The summed E-state index contributed by atoms with van der Waals surface area (Å²) in [5, 5.41) is 11.4. The number of quaternary nitrogens is 1. The summed E-state index contributed by atoms with van der Waals surface area (Å²) < 4.78 is 5.66. The maximum absolute atomic E-state index is 12.2. The van der Waals surface area contributed by atoms with Crippen LogP contribution in [0.5, 0.6) is 0 Å². The molecule has 0 fully saturated rings. The number of carbonyl (C=O) groups is 1. The Kier molecular flexibility index (Phi) is 6.26. The molecule has 0 saturated heterocycles. The van der Waals surface area contributed by atoms with Crippen LogP contribution >= 0.6 is 11.8 Å². The van der Waals surface area contributed by atoms with Crippen molar-refractivity contribution in [1.82, 2.24) is 10.2 Å². The SMILES string of the molecule is Cc1cccc(NC(=O)CSc2nnc(C([NH3+])Cc3ccccc3)o2)c1C. The molecule has 1 amide bonds. The highest BCUT2D eigenvalue weighted by Gasteiger charge is 2.19. The van der Waals surface area contributed by atoms with E-state index >= 15 is 0 Å². The van der Waals surface area contributed by atoms with E-state index in [1.807, 2.05) is 62.4 Å². The quantitative estimate of drug-likeness (QED) is 0.612. The number of rotatable bonds is 7. The van der Waals surface area contributed by atoms with Gasteiger partial charge < -0.3 is 15.5 Å². The van der Waals surface area contributed by atoms with Crippen molar-refractivity contribution in [3.05, 3.63) is 71.1 Å². The van der Waals surface area contributed by atoms with Crippen molar-refractivity contribution in [3.63, 3.8) is 0 Å². The number of amides is 1. The van der Waals surface area contributed by atoms with Gasteiger partial charge in [0.25, 0.3) is 11.1 Å². The summed E-state index contributed by atoms with van der Waals surface area (Å²) >= 11 is 1.22. The Morgan fingerprint density at radius 3 is 2.70 bits per heavy atom. The Hall–Kier alpha value is -2.64. The molecule has 0 radical (unpaired) electrons. The van der Waals surface area contributed by atoms with Gasteiger partial charge >= 0.3 is 0 Å². The molecule has 140 valence electrons. The Labute approximate surface area is 162 Å². The van der Waals surface area contributed by atoms with Crippen molar-refractivity contribution in [2.75, 3.05) is 11.1 Å². The molecule has 2 aromatic carbocycles. The van der Waals surface area contributed by atoms with Gasteiger partial charge in [-0.15, -0.1) is 10.2 Å². The van der Waals surface area contributed by atoms with Crippen molar-refractivity contribution >= 4 is 23.4 Å². The van der Waals surface area contributed by atoms with Crippen LogP contribution in [0, 0.1) is 13.8 Å². The van der Waals surface area contributed by atoms with Gasteiger partial charge in [0.15, 0.2) is 6.04 Å². The van der Waals surface area contributed by atoms with Gasteiger partial charge in [-0.1, -0.05) is 54.2 Å². The van der Waals surface area contributed by atoms with Crippen molar-refractivity contribution in [1.29, 1.82) is 0 Å². The fraction of sp³-hybridized carbons (Fsp3) is 0.250. The minimum atomic E-state index is -0.127. The summed E-state index contributed by atoms with van der Waals surface area (Å²) in [4.78, 5) is 12.2. The molecule has 7 heteroatoms. The standard InChI is InChI=1S/C20H22N4O2S/c1-13-7-6-10-17(14(13)2)22-18(25)12-27-20-24-23-19(26-20)16(21)11-15-8-4-3-5-9-15/h3-10,16H,11-12,21H2,1-2H3,(H,22,25)/p+1. The predicted molar refractivity (Wildman–Crippen MR) is 105 cm³/mol. The lowest BCUT2D eigenvalue weighted by Crippen LogP contribution is -2.54. The Morgan fingerprint density at radius 1 is 1.15 bits per heavy atom. The maximum atomic E-state index is 12.2. The zero-order chi connectivity index (χ0) is 19.2. The van der Waals surface area contributed by atoms with Gasteiger partial charge in [-0.05, 0) is 36.6 Å². The Bertz CT molecular complexity index is 911. The largest absolute Gasteiger partial charge is 0.410 e. The molecule has 3 aromatic rings. The number of hydrogen-bond acceptors (Lipinski definition) is 5. The minimum Gasteiger partial charge on any atom is -0.410 e. The van der Waals surface area contributed by atoms with Crippen molar-refractivity contribution in [2.45, 2.75) is 31.5 Å². The number of thioether (sulfide) groups is 1. The highest BCUT2D eigenvalue weighted by Crippen LogP contribution is 2.22. The molecule has 1 aromatic heterocycles. The lowest BCUT2D eigenvalue weighted by molar-refractivity contribution is -0.431. The van der Waals surface area contributed by atoms with Crippen LogP contribution in [0.3, 0.4) is 0 Å². The lowest BCUT2D eigenvalue weighted by atomic mass is 10.1. The molecule has 1 unspecified atom stereocenters. The first-order valence-electron chi connectivity index (χ1n) is 8.72. The molecular weight excluding hydrogens is 360 g/mol. The third-order valence-electron chi connectivity index (χ3n) is 4.30. The third kappa shape index (κ3) is 5.18. The molecule has 0 saturated carbocycles. The van der Waals surface area contributed by atoms with Crippen molar-refractivity contribution < 1.29 is 14.9 Å². The predicted octanol–water partition coefficient (Wildman–Crippen LogP) is 2.94. The van der Waals surface area contributed by atoms with Crippen LogP contribution in [-0.2, 0) is 11.2 Å². The highest BCUT2D eigenvalue weighted by atomic mass is 32.2. The second-order valence-corrected chi connectivity index (χ2v) is 7.30. The average molecular weight is 383 g/mol. The normalized spacial score (nSPS) is 12.0. The summed E-state index contributed by atoms with van der Waals surface area (Å²) in [6, 6.07) is 15.8. The van der Waals surface area contributed by atoms with Gasteiger partial charge in [-0.3, -0.25) is 4.79 Å². The van der Waals surface area contributed by atoms with E-state index in [4.69, 9.17) is 4.42 Å².